The Bertz CT molecular complexity index is 746. The van der Waals surface area contributed by atoms with Gasteiger partial charge < -0.3 is 4.74 Å². The fourth-order valence-corrected chi connectivity index (χ4v) is 3.33. The molecule has 0 radical (unpaired) electrons. The summed E-state index contributed by atoms with van der Waals surface area (Å²) in [6.07, 6.45) is 0.923. The molecule has 3 nitrogen and oxygen atoms in total. The Labute approximate surface area is 131 Å². The minimum absolute atomic E-state index is 0.260. The second-order valence-corrected chi connectivity index (χ2v) is 6.56. The standard InChI is InChI=1S/C19H20N2O/c1-13-8-10-14(11-9-13)16-12-17-15-6-4-5-7-18(15)22-19(2,3)21(17)20-16/h4-11,17H,12H2,1-3H3. The molecular weight excluding hydrogens is 272 g/mol. The number of nitrogens with zero attached hydrogens (tertiary/aromatic N) is 2. The van der Waals surface area contributed by atoms with Crippen LogP contribution in [0.4, 0.5) is 0 Å². The van der Waals surface area contributed by atoms with E-state index >= 15 is 0 Å². The first-order chi connectivity index (χ1) is 10.5. The van der Waals surface area contributed by atoms with Crippen LogP contribution in [0.3, 0.4) is 0 Å². The summed E-state index contributed by atoms with van der Waals surface area (Å²) >= 11 is 0. The highest BCUT2D eigenvalue weighted by molar-refractivity contribution is 6.02. The van der Waals surface area contributed by atoms with E-state index in [-0.39, 0.29) is 6.04 Å². The Kier molecular flexibility index (Phi) is 2.80. The van der Waals surface area contributed by atoms with Gasteiger partial charge in [0.2, 0.25) is 0 Å². The zero-order chi connectivity index (χ0) is 15.3. The van der Waals surface area contributed by atoms with E-state index in [4.69, 9.17) is 9.84 Å². The van der Waals surface area contributed by atoms with Gasteiger partial charge in [0.05, 0.1) is 11.8 Å². The van der Waals surface area contributed by atoms with Crippen molar-refractivity contribution in [3.05, 3.63) is 65.2 Å². The molecule has 2 heterocycles. The van der Waals surface area contributed by atoms with Gasteiger partial charge in [-0.1, -0.05) is 48.0 Å². The predicted octanol–water partition coefficient (Wildman–Crippen LogP) is 4.27. The molecule has 0 saturated carbocycles. The molecule has 0 aliphatic carbocycles. The molecule has 0 saturated heterocycles. The lowest BCUT2D eigenvalue weighted by molar-refractivity contribution is -0.0911. The number of benzene rings is 2. The molecule has 1 atom stereocenters. The second-order valence-electron chi connectivity index (χ2n) is 6.56. The molecule has 0 bridgehead atoms. The van der Waals surface area contributed by atoms with Crippen molar-refractivity contribution in [2.75, 3.05) is 0 Å². The average Bonchev–Trinajstić information content (AvgIpc) is 2.94. The molecule has 3 heteroatoms. The molecular formula is C19H20N2O. The van der Waals surface area contributed by atoms with Crippen molar-refractivity contribution in [3.63, 3.8) is 0 Å². The Hall–Kier alpha value is -2.29. The van der Waals surface area contributed by atoms with E-state index in [1.54, 1.807) is 0 Å². The fraction of sp³-hybridized carbons (Fsp3) is 0.316. The maximum atomic E-state index is 6.16. The lowest BCUT2D eigenvalue weighted by atomic mass is 9.95. The topological polar surface area (TPSA) is 24.8 Å². The van der Waals surface area contributed by atoms with Crippen molar-refractivity contribution in [3.8, 4) is 5.75 Å². The average molecular weight is 292 g/mol. The van der Waals surface area contributed by atoms with E-state index in [9.17, 15) is 0 Å². The first-order valence-electron chi connectivity index (χ1n) is 7.76. The third kappa shape index (κ3) is 2.00. The summed E-state index contributed by atoms with van der Waals surface area (Å²) in [5.74, 6) is 0.981. The van der Waals surface area contributed by atoms with Crippen molar-refractivity contribution in [2.24, 2.45) is 5.10 Å². The van der Waals surface area contributed by atoms with Crippen LogP contribution in [-0.2, 0) is 0 Å². The highest BCUT2D eigenvalue weighted by Crippen LogP contribution is 2.46. The Balaban J connectivity index is 1.76. The van der Waals surface area contributed by atoms with E-state index in [1.165, 1.54) is 16.7 Å². The monoisotopic (exact) mass is 292 g/mol. The second kappa shape index (κ2) is 4.60. The van der Waals surface area contributed by atoms with Gasteiger partial charge in [-0.25, -0.2) is 5.01 Å². The fourth-order valence-electron chi connectivity index (χ4n) is 3.33. The number of rotatable bonds is 1. The van der Waals surface area contributed by atoms with Crippen LogP contribution in [0.25, 0.3) is 0 Å². The van der Waals surface area contributed by atoms with Gasteiger partial charge in [-0.15, -0.1) is 0 Å². The van der Waals surface area contributed by atoms with Crippen molar-refractivity contribution in [1.29, 1.82) is 0 Å². The van der Waals surface area contributed by atoms with Crippen LogP contribution in [-0.4, -0.2) is 16.4 Å². The number of ether oxygens (including phenoxy) is 1. The molecule has 2 aromatic rings. The number of aryl methyl sites for hydroxylation is 1. The van der Waals surface area contributed by atoms with Crippen LogP contribution in [0.15, 0.2) is 53.6 Å². The van der Waals surface area contributed by atoms with E-state index in [0.717, 1.165) is 17.9 Å². The molecule has 2 aliphatic heterocycles. The normalized spacial score (nSPS) is 21.7. The van der Waals surface area contributed by atoms with Crippen LogP contribution < -0.4 is 4.74 Å². The summed E-state index contributed by atoms with van der Waals surface area (Å²) in [5, 5.41) is 7.00. The molecule has 0 spiro atoms. The molecule has 0 fully saturated rings. The van der Waals surface area contributed by atoms with Crippen LogP contribution >= 0.6 is 0 Å². The number of para-hydroxylation sites is 1. The smallest absolute Gasteiger partial charge is 0.192 e. The van der Waals surface area contributed by atoms with E-state index in [2.05, 4.69) is 68.2 Å². The van der Waals surface area contributed by atoms with Crippen molar-refractivity contribution >= 4 is 5.71 Å². The minimum Gasteiger partial charge on any atom is -0.467 e. The third-order valence-corrected chi connectivity index (χ3v) is 4.48. The van der Waals surface area contributed by atoms with Gasteiger partial charge in [-0.3, -0.25) is 0 Å². The largest absolute Gasteiger partial charge is 0.467 e. The first kappa shape index (κ1) is 13.4. The Morgan fingerprint density at radius 1 is 1.09 bits per heavy atom. The summed E-state index contributed by atoms with van der Waals surface area (Å²) in [5.41, 5.74) is 4.42. The Morgan fingerprint density at radius 2 is 1.82 bits per heavy atom. The number of fused-ring (bicyclic) bond motifs is 3. The molecule has 2 aromatic carbocycles. The van der Waals surface area contributed by atoms with Gasteiger partial charge in [-0.05, 0) is 32.4 Å². The molecule has 22 heavy (non-hydrogen) atoms. The summed E-state index contributed by atoms with van der Waals surface area (Å²) in [6.45, 7) is 6.27. The lowest BCUT2D eigenvalue weighted by Gasteiger charge is -2.43. The third-order valence-electron chi connectivity index (χ3n) is 4.48. The summed E-state index contributed by atoms with van der Waals surface area (Å²) < 4.78 is 6.16. The predicted molar refractivity (Wildman–Crippen MR) is 88.1 cm³/mol. The van der Waals surface area contributed by atoms with Gasteiger partial charge in [0.25, 0.3) is 0 Å². The summed E-state index contributed by atoms with van der Waals surface area (Å²) in [7, 11) is 0. The van der Waals surface area contributed by atoms with Gasteiger partial charge in [0.1, 0.15) is 5.75 Å². The molecule has 0 aromatic heterocycles. The van der Waals surface area contributed by atoms with Crippen LogP contribution in [0.5, 0.6) is 5.75 Å². The maximum Gasteiger partial charge on any atom is 0.192 e. The van der Waals surface area contributed by atoms with Crippen LogP contribution in [0, 0.1) is 6.92 Å². The number of hydrogen-bond donors (Lipinski definition) is 0. The molecule has 0 N–H and O–H groups in total. The first-order valence-corrected chi connectivity index (χ1v) is 7.76. The molecule has 1 unspecified atom stereocenters. The van der Waals surface area contributed by atoms with Crippen molar-refractivity contribution in [1.82, 2.24) is 5.01 Å². The van der Waals surface area contributed by atoms with Gasteiger partial charge in [0, 0.05) is 12.0 Å². The number of hydrazone groups is 1. The molecule has 4 rings (SSSR count). The van der Waals surface area contributed by atoms with Gasteiger partial charge >= 0.3 is 0 Å². The lowest BCUT2D eigenvalue weighted by Crippen LogP contribution is -2.48. The summed E-state index contributed by atoms with van der Waals surface area (Å²) in [4.78, 5) is 0. The minimum atomic E-state index is -0.425. The zero-order valence-electron chi connectivity index (χ0n) is 13.2. The highest BCUT2D eigenvalue weighted by Gasteiger charge is 2.44. The zero-order valence-corrected chi connectivity index (χ0v) is 13.2. The summed E-state index contributed by atoms with van der Waals surface area (Å²) in [6, 6.07) is 17.2. The van der Waals surface area contributed by atoms with Crippen LogP contribution in [0.1, 0.15) is 43.0 Å². The number of hydrogen-bond acceptors (Lipinski definition) is 3. The molecule has 2 aliphatic rings. The SMILES string of the molecule is Cc1ccc(C2=NN3C(C2)c2ccccc2OC3(C)C)cc1. The van der Waals surface area contributed by atoms with E-state index in [0.29, 0.717) is 0 Å². The molecule has 112 valence electrons. The van der Waals surface area contributed by atoms with Gasteiger partial charge in [0.15, 0.2) is 5.72 Å². The van der Waals surface area contributed by atoms with E-state index < -0.39 is 5.72 Å². The van der Waals surface area contributed by atoms with Crippen molar-refractivity contribution in [2.45, 2.75) is 39.0 Å². The highest BCUT2D eigenvalue weighted by atomic mass is 16.5. The van der Waals surface area contributed by atoms with Crippen molar-refractivity contribution < 1.29 is 4.74 Å². The van der Waals surface area contributed by atoms with E-state index in [1.807, 2.05) is 6.07 Å². The van der Waals surface area contributed by atoms with Gasteiger partial charge in [-0.2, -0.15) is 5.10 Å². The Morgan fingerprint density at radius 3 is 2.59 bits per heavy atom. The quantitative estimate of drug-likeness (QED) is 0.784. The van der Waals surface area contributed by atoms with Crippen LogP contribution in [0.2, 0.25) is 0 Å². The maximum absolute atomic E-state index is 6.16. The molecule has 0 amide bonds.